The topological polar surface area (TPSA) is 107 Å². The summed E-state index contributed by atoms with van der Waals surface area (Å²) < 4.78 is 1.46. The summed E-state index contributed by atoms with van der Waals surface area (Å²) in [5, 5.41) is 0. The molecule has 0 unspecified atom stereocenters. The van der Waals surface area contributed by atoms with Crippen molar-refractivity contribution in [3.8, 4) is 0 Å². The molecular weight excluding hydrogens is 270 g/mol. The number of nitrogens with one attached hydrogen (secondary N) is 1. The van der Waals surface area contributed by atoms with Crippen LogP contribution in [0.4, 0.5) is 0 Å². The van der Waals surface area contributed by atoms with Crippen LogP contribution in [0.15, 0.2) is 41.3 Å². The fraction of sp³-hybridized carbons (Fsp3) is 0.143. The Morgan fingerprint density at radius 1 is 1.33 bits per heavy atom. The fourth-order valence-electron chi connectivity index (χ4n) is 2.25. The van der Waals surface area contributed by atoms with Gasteiger partial charge in [0, 0.05) is 0 Å². The lowest BCUT2D eigenvalue weighted by Crippen LogP contribution is -2.22. The van der Waals surface area contributed by atoms with Crippen LogP contribution in [0, 0.1) is 0 Å². The lowest BCUT2D eigenvalue weighted by Gasteiger charge is -2.13. The van der Waals surface area contributed by atoms with E-state index in [9.17, 15) is 9.59 Å². The number of hydrogen-bond acceptors (Lipinski definition) is 4. The van der Waals surface area contributed by atoms with Crippen LogP contribution in [0.3, 0.4) is 0 Å². The first-order valence-electron chi connectivity index (χ1n) is 6.40. The first kappa shape index (κ1) is 13.0. The molecule has 2 aromatic heterocycles. The monoisotopic (exact) mass is 283 g/mol. The van der Waals surface area contributed by atoms with Gasteiger partial charge in [-0.2, -0.15) is 0 Å². The number of primary amides is 1. The van der Waals surface area contributed by atoms with Crippen molar-refractivity contribution in [2.75, 3.05) is 0 Å². The zero-order chi connectivity index (χ0) is 15.0. The minimum Gasteiger partial charge on any atom is -0.364 e. The molecule has 1 amide bonds. The number of nitrogens with two attached hydrogens (primary N) is 1. The highest BCUT2D eigenvalue weighted by Crippen LogP contribution is 2.19. The van der Waals surface area contributed by atoms with Gasteiger partial charge in [0.05, 0.1) is 12.2 Å². The smallest absolute Gasteiger partial charge is 0.329 e. The van der Waals surface area contributed by atoms with Crippen molar-refractivity contribution in [2.24, 2.45) is 5.73 Å². The molecule has 0 aliphatic carbocycles. The van der Waals surface area contributed by atoms with Crippen molar-refractivity contribution < 1.29 is 4.79 Å². The Hall–Kier alpha value is -2.96. The maximum absolute atomic E-state index is 12.1. The second-order valence-electron chi connectivity index (χ2n) is 4.68. The highest BCUT2D eigenvalue weighted by atomic mass is 16.1. The van der Waals surface area contributed by atoms with Crippen LogP contribution in [0.1, 0.15) is 29.0 Å². The predicted molar refractivity (Wildman–Crippen MR) is 76.9 cm³/mol. The molecule has 1 aromatic carbocycles. The van der Waals surface area contributed by atoms with Crippen molar-refractivity contribution in [2.45, 2.75) is 13.0 Å². The molecule has 7 heteroatoms. The molecule has 3 aromatic rings. The number of nitrogens with zero attached hydrogens (tertiary/aromatic N) is 3. The minimum absolute atomic E-state index is 0.0236. The molecular formula is C14H13N5O2. The van der Waals surface area contributed by atoms with E-state index in [0.29, 0.717) is 11.3 Å². The lowest BCUT2D eigenvalue weighted by molar-refractivity contribution is 0.0995. The number of H-pyrrole nitrogens is 1. The number of benzene rings is 1. The van der Waals surface area contributed by atoms with E-state index in [1.54, 1.807) is 0 Å². The van der Waals surface area contributed by atoms with Gasteiger partial charge in [0.15, 0.2) is 11.3 Å². The summed E-state index contributed by atoms with van der Waals surface area (Å²) in [6, 6.07) is 9.28. The lowest BCUT2D eigenvalue weighted by atomic mass is 10.1. The Bertz CT molecular complexity index is 866. The van der Waals surface area contributed by atoms with Gasteiger partial charge in [0.1, 0.15) is 5.69 Å². The third-order valence-corrected chi connectivity index (χ3v) is 3.35. The van der Waals surface area contributed by atoms with Crippen LogP contribution >= 0.6 is 0 Å². The van der Waals surface area contributed by atoms with E-state index in [1.807, 2.05) is 37.3 Å². The summed E-state index contributed by atoms with van der Waals surface area (Å²) in [7, 11) is 0. The Balaban J connectivity index is 2.22. The summed E-state index contributed by atoms with van der Waals surface area (Å²) >= 11 is 0. The average molecular weight is 283 g/mol. The van der Waals surface area contributed by atoms with E-state index in [0.717, 1.165) is 5.56 Å². The molecule has 0 aliphatic rings. The third-order valence-electron chi connectivity index (χ3n) is 3.35. The van der Waals surface area contributed by atoms with E-state index in [-0.39, 0.29) is 17.4 Å². The number of carbonyl (C=O) groups excluding carboxylic acids is 1. The molecule has 0 spiro atoms. The molecule has 3 N–H and O–H groups in total. The van der Waals surface area contributed by atoms with Crippen molar-refractivity contribution in [3.05, 3.63) is 58.3 Å². The SMILES string of the molecule is C[C@@H](c1ccccc1)n1c(=O)[nH]c2ncc(C(N)=O)nc21. The van der Waals surface area contributed by atoms with Gasteiger partial charge >= 0.3 is 5.69 Å². The van der Waals surface area contributed by atoms with E-state index in [2.05, 4.69) is 15.0 Å². The molecule has 0 radical (unpaired) electrons. The Morgan fingerprint density at radius 3 is 2.71 bits per heavy atom. The standard InChI is InChI=1S/C14H13N5O2/c1-8(9-5-3-2-4-6-9)19-13-12(18-14(19)21)16-7-10(17-13)11(15)20/h2-8H,1H3,(H2,15,20)(H,16,18,21)/t8-/m0/s1. The number of aromatic amines is 1. The zero-order valence-corrected chi connectivity index (χ0v) is 11.3. The summed E-state index contributed by atoms with van der Waals surface area (Å²) in [4.78, 5) is 34.2. The minimum atomic E-state index is -0.683. The average Bonchev–Trinajstić information content (AvgIpc) is 2.82. The molecule has 0 saturated heterocycles. The van der Waals surface area contributed by atoms with Gasteiger partial charge in [-0.15, -0.1) is 0 Å². The molecule has 0 fully saturated rings. The highest BCUT2D eigenvalue weighted by molar-refractivity contribution is 5.91. The van der Waals surface area contributed by atoms with Crippen molar-refractivity contribution in [3.63, 3.8) is 0 Å². The molecule has 2 heterocycles. The summed E-state index contributed by atoms with van der Waals surface area (Å²) in [6.07, 6.45) is 1.25. The van der Waals surface area contributed by atoms with Gasteiger partial charge in [0.2, 0.25) is 0 Å². The Morgan fingerprint density at radius 2 is 2.05 bits per heavy atom. The molecule has 3 rings (SSSR count). The summed E-state index contributed by atoms with van der Waals surface area (Å²) in [6.45, 7) is 1.88. The molecule has 0 aliphatic heterocycles. The second kappa shape index (κ2) is 4.86. The molecule has 21 heavy (non-hydrogen) atoms. The van der Waals surface area contributed by atoms with Gasteiger partial charge in [-0.3, -0.25) is 14.3 Å². The van der Waals surface area contributed by atoms with E-state index >= 15 is 0 Å². The van der Waals surface area contributed by atoms with E-state index < -0.39 is 5.91 Å². The number of fused-ring (bicyclic) bond motifs is 1. The van der Waals surface area contributed by atoms with Crippen LogP contribution in [0.2, 0.25) is 0 Å². The van der Waals surface area contributed by atoms with Crippen LogP contribution in [0.25, 0.3) is 11.3 Å². The first-order chi connectivity index (χ1) is 10.1. The van der Waals surface area contributed by atoms with Gasteiger partial charge in [-0.25, -0.2) is 14.8 Å². The predicted octanol–water partition coefficient (Wildman–Crippen LogP) is 0.828. The molecule has 7 nitrogen and oxygen atoms in total. The summed E-state index contributed by atoms with van der Waals surface area (Å²) in [5.74, 6) is -0.683. The van der Waals surface area contributed by atoms with E-state index in [1.165, 1.54) is 10.8 Å². The Labute approximate surface area is 119 Å². The first-order valence-corrected chi connectivity index (χ1v) is 6.40. The van der Waals surface area contributed by atoms with Gasteiger partial charge in [-0.05, 0) is 12.5 Å². The van der Waals surface area contributed by atoms with Crippen LogP contribution in [-0.2, 0) is 0 Å². The zero-order valence-electron chi connectivity index (χ0n) is 11.3. The van der Waals surface area contributed by atoms with Crippen LogP contribution in [0.5, 0.6) is 0 Å². The van der Waals surface area contributed by atoms with Crippen molar-refractivity contribution in [1.29, 1.82) is 0 Å². The fourth-order valence-corrected chi connectivity index (χ4v) is 2.25. The van der Waals surface area contributed by atoms with Gasteiger partial charge < -0.3 is 5.73 Å². The largest absolute Gasteiger partial charge is 0.364 e. The van der Waals surface area contributed by atoms with Crippen LogP contribution in [-0.4, -0.2) is 25.4 Å². The van der Waals surface area contributed by atoms with E-state index in [4.69, 9.17) is 5.73 Å². The maximum atomic E-state index is 12.1. The second-order valence-corrected chi connectivity index (χ2v) is 4.68. The van der Waals surface area contributed by atoms with Gasteiger partial charge in [-0.1, -0.05) is 30.3 Å². The molecule has 0 bridgehead atoms. The number of imidazole rings is 1. The normalized spacial score (nSPS) is 12.4. The van der Waals surface area contributed by atoms with Gasteiger partial charge in [0.25, 0.3) is 5.91 Å². The molecule has 1 atom stereocenters. The van der Waals surface area contributed by atoms with Crippen LogP contribution < -0.4 is 11.4 Å². The number of amides is 1. The maximum Gasteiger partial charge on any atom is 0.329 e. The molecule has 0 saturated carbocycles. The number of carbonyl (C=O) groups is 1. The summed E-state index contributed by atoms with van der Waals surface area (Å²) in [5.41, 5.74) is 6.49. The third kappa shape index (κ3) is 2.18. The Kier molecular flexibility index (Phi) is 3.02. The number of hydrogen-bond donors (Lipinski definition) is 2. The quantitative estimate of drug-likeness (QED) is 0.742. The molecule has 106 valence electrons. The van der Waals surface area contributed by atoms with Crippen molar-refractivity contribution >= 4 is 17.2 Å². The highest BCUT2D eigenvalue weighted by Gasteiger charge is 2.17. The number of rotatable bonds is 3. The number of aromatic nitrogens is 4. The van der Waals surface area contributed by atoms with Crippen molar-refractivity contribution in [1.82, 2.24) is 19.5 Å².